The number of hydrogen-bond acceptors (Lipinski definition) is 6. The number of benzene rings is 2. The summed E-state index contributed by atoms with van der Waals surface area (Å²) in [6.45, 7) is 7.45. The molecule has 0 bridgehead atoms. The van der Waals surface area contributed by atoms with Gasteiger partial charge in [-0.1, -0.05) is 25.1 Å². The zero-order valence-corrected chi connectivity index (χ0v) is 20.8. The van der Waals surface area contributed by atoms with Gasteiger partial charge in [-0.2, -0.15) is 0 Å². The third-order valence-electron chi connectivity index (χ3n) is 7.29. The van der Waals surface area contributed by atoms with Gasteiger partial charge < -0.3 is 24.2 Å². The van der Waals surface area contributed by atoms with Crippen molar-refractivity contribution >= 4 is 11.9 Å². The van der Waals surface area contributed by atoms with Crippen molar-refractivity contribution in [2.24, 2.45) is 5.92 Å². The molecule has 0 aliphatic carbocycles. The molecule has 4 atom stereocenters. The Morgan fingerprint density at radius 2 is 1.80 bits per heavy atom. The molecular formula is C27H34N2O6. The van der Waals surface area contributed by atoms with Crippen molar-refractivity contribution in [2.75, 3.05) is 33.5 Å². The molecule has 1 saturated heterocycles. The van der Waals surface area contributed by atoms with E-state index < -0.39 is 17.9 Å². The molecule has 0 spiro atoms. The van der Waals surface area contributed by atoms with Crippen LogP contribution in [-0.4, -0.2) is 66.4 Å². The van der Waals surface area contributed by atoms with E-state index >= 15 is 0 Å². The van der Waals surface area contributed by atoms with E-state index in [0.717, 1.165) is 17.5 Å². The molecule has 1 fully saturated rings. The normalized spacial score (nSPS) is 22.1. The third kappa shape index (κ3) is 4.93. The van der Waals surface area contributed by atoms with Gasteiger partial charge in [0.1, 0.15) is 5.75 Å². The molecule has 2 aliphatic rings. The van der Waals surface area contributed by atoms with Crippen LogP contribution in [0.3, 0.4) is 0 Å². The fourth-order valence-corrected chi connectivity index (χ4v) is 5.29. The first-order chi connectivity index (χ1) is 16.9. The van der Waals surface area contributed by atoms with Crippen LogP contribution >= 0.6 is 0 Å². The van der Waals surface area contributed by atoms with Crippen molar-refractivity contribution in [2.45, 2.75) is 45.2 Å². The van der Waals surface area contributed by atoms with Gasteiger partial charge in [0, 0.05) is 31.1 Å². The van der Waals surface area contributed by atoms with Gasteiger partial charge in [0.05, 0.1) is 19.6 Å². The fourth-order valence-electron chi connectivity index (χ4n) is 5.29. The molecule has 0 radical (unpaired) electrons. The number of carboxylic acids is 1. The van der Waals surface area contributed by atoms with E-state index in [1.807, 2.05) is 66.1 Å². The molecule has 8 heteroatoms. The van der Waals surface area contributed by atoms with E-state index in [-0.39, 0.29) is 31.2 Å². The van der Waals surface area contributed by atoms with Crippen LogP contribution in [0.15, 0.2) is 42.5 Å². The quantitative estimate of drug-likeness (QED) is 0.580. The summed E-state index contributed by atoms with van der Waals surface area (Å²) in [5.41, 5.74) is 1.71. The predicted molar refractivity (Wildman–Crippen MR) is 131 cm³/mol. The second kappa shape index (κ2) is 10.6. The molecule has 2 aliphatic heterocycles. The number of carbonyl (C=O) groups is 2. The standard InChI is InChI=1S/C27H34N2O6/c1-5-17(3)29(6-2)24(30)15-28-14-21(19-9-12-22-23(13-19)35-16-34-22)25(27(31)32)26(28)18-7-10-20(33-4)11-8-18/h7-13,17,21,25-26H,5-6,14-16H2,1-4H3,(H,31,32). The highest BCUT2D eigenvalue weighted by Crippen LogP contribution is 2.47. The van der Waals surface area contributed by atoms with Crippen LogP contribution in [0.1, 0.15) is 50.3 Å². The summed E-state index contributed by atoms with van der Waals surface area (Å²) in [7, 11) is 1.60. The van der Waals surface area contributed by atoms with Gasteiger partial charge in [-0.25, -0.2) is 0 Å². The molecule has 2 aromatic carbocycles. The third-order valence-corrected chi connectivity index (χ3v) is 7.29. The number of methoxy groups -OCH3 is 1. The Morgan fingerprint density at radius 3 is 2.43 bits per heavy atom. The maximum absolute atomic E-state index is 13.4. The van der Waals surface area contributed by atoms with Crippen LogP contribution in [-0.2, 0) is 9.59 Å². The Kier molecular flexibility index (Phi) is 7.50. The fraction of sp³-hybridized carbons (Fsp3) is 0.481. The summed E-state index contributed by atoms with van der Waals surface area (Å²) < 4.78 is 16.3. The van der Waals surface area contributed by atoms with Crippen LogP contribution in [0.4, 0.5) is 0 Å². The number of amides is 1. The Morgan fingerprint density at radius 1 is 1.11 bits per heavy atom. The molecule has 188 valence electrons. The highest BCUT2D eigenvalue weighted by atomic mass is 16.7. The first-order valence-electron chi connectivity index (χ1n) is 12.2. The van der Waals surface area contributed by atoms with Crippen molar-refractivity contribution in [1.29, 1.82) is 0 Å². The molecule has 2 aromatic rings. The van der Waals surface area contributed by atoms with E-state index in [2.05, 4.69) is 6.92 Å². The van der Waals surface area contributed by atoms with Gasteiger partial charge >= 0.3 is 5.97 Å². The summed E-state index contributed by atoms with van der Waals surface area (Å²) in [5, 5.41) is 10.4. The van der Waals surface area contributed by atoms with Crippen LogP contribution in [0, 0.1) is 5.92 Å². The van der Waals surface area contributed by atoms with Crippen molar-refractivity contribution in [3.8, 4) is 17.2 Å². The first kappa shape index (κ1) is 24.9. The van der Waals surface area contributed by atoms with Crippen LogP contribution in [0.2, 0.25) is 0 Å². The van der Waals surface area contributed by atoms with E-state index in [1.165, 1.54) is 0 Å². The van der Waals surface area contributed by atoms with Gasteiger partial charge in [-0.3, -0.25) is 14.5 Å². The summed E-state index contributed by atoms with van der Waals surface area (Å²) in [6.07, 6.45) is 0.860. The molecule has 1 amide bonds. The number of fused-ring (bicyclic) bond motifs is 1. The number of carbonyl (C=O) groups excluding carboxylic acids is 1. The minimum Gasteiger partial charge on any atom is -0.497 e. The average Bonchev–Trinajstić information content (AvgIpc) is 3.48. The Labute approximate surface area is 206 Å². The molecule has 4 unspecified atom stereocenters. The highest BCUT2D eigenvalue weighted by molar-refractivity contribution is 5.79. The number of carboxylic acid groups (broad SMARTS) is 1. The molecule has 8 nitrogen and oxygen atoms in total. The maximum atomic E-state index is 13.4. The lowest BCUT2D eigenvalue weighted by atomic mass is 9.82. The van der Waals surface area contributed by atoms with Crippen molar-refractivity contribution in [1.82, 2.24) is 9.80 Å². The van der Waals surface area contributed by atoms with Crippen LogP contribution in [0.5, 0.6) is 17.2 Å². The van der Waals surface area contributed by atoms with Gasteiger partial charge in [0.2, 0.25) is 12.7 Å². The average molecular weight is 483 g/mol. The first-order valence-corrected chi connectivity index (χ1v) is 12.2. The lowest BCUT2D eigenvalue weighted by Crippen LogP contribution is -2.44. The van der Waals surface area contributed by atoms with Gasteiger partial charge in [0.15, 0.2) is 11.5 Å². The van der Waals surface area contributed by atoms with E-state index in [4.69, 9.17) is 14.2 Å². The molecule has 2 heterocycles. The number of aliphatic carboxylic acids is 1. The summed E-state index contributed by atoms with van der Waals surface area (Å²) >= 11 is 0. The van der Waals surface area contributed by atoms with Crippen LogP contribution in [0.25, 0.3) is 0 Å². The largest absolute Gasteiger partial charge is 0.497 e. The molecule has 0 saturated carbocycles. The van der Waals surface area contributed by atoms with Crippen molar-refractivity contribution in [3.05, 3.63) is 53.6 Å². The number of likely N-dealkylation sites (tertiary alicyclic amines) is 1. The van der Waals surface area contributed by atoms with Crippen LogP contribution < -0.4 is 14.2 Å². The molecule has 0 aromatic heterocycles. The maximum Gasteiger partial charge on any atom is 0.309 e. The second-order valence-electron chi connectivity index (χ2n) is 9.17. The zero-order valence-electron chi connectivity index (χ0n) is 20.8. The second-order valence-corrected chi connectivity index (χ2v) is 9.17. The Balaban J connectivity index is 1.71. The molecule has 1 N–H and O–H groups in total. The van der Waals surface area contributed by atoms with Gasteiger partial charge in [0.25, 0.3) is 0 Å². The molecular weight excluding hydrogens is 448 g/mol. The van der Waals surface area contributed by atoms with Gasteiger partial charge in [-0.15, -0.1) is 0 Å². The molecule has 35 heavy (non-hydrogen) atoms. The van der Waals surface area contributed by atoms with Crippen molar-refractivity contribution in [3.63, 3.8) is 0 Å². The highest BCUT2D eigenvalue weighted by Gasteiger charge is 2.48. The number of hydrogen-bond donors (Lipinski definition) is 1. The summed E-state index contributed by atoms with van der Waals surface area (Å²) in [6, 6.07) is 12.7. The number of ether oxygens (including phenoxy) is 3. The predicted octanol–water partition coefficient (Wildman–Crippen LogP) is 3.91. The summed E-state index contributed by atoms with van der Waals surface area (Å²) in [5.74, 6) is 0.0347. The monoisotopic (exact) mass is 482 g/mol. The smallest absolute Gasteiger partial charge is 0.309 e. The van der Waals surface area contributed by atoms with E-state index in [9.17, 15) is 14.7 Å². The molecule has 4 rings (SSSR count). The van der Waals surface area contributed by atoms with Crippen molar-refractivity contribution < 1.29 is 28.9 Å². The topological polar surface area (TPSA) is 88.5 Å². The van der Waals surface area contributed by atoms with E-state index in [1.54, 1.807) is 7.11 Å². The number of nitrogens with zero attached hydrogens (tertiary/aromatic N) is 2. The zero-order chi connectivity index (χ0) is 25.1. The minimum atomic E-state index is -0.891. The van der Waals surface area contributed by atoms with E-state index in [0.29, 0.717) is 30.3 Å². The Hall–Kier alpha value is -3.26. The number of likely N-dealkylation sites (N-methyl/N-ethyl adjacent to an activating group) is 1. The minimum absolute atomic E-state index is 0.0100. The lowest BCUT2D eigenvalue weighted by Gasteiger charge is -2.32. The number of rotatable bonds is 9. The SMILES string of the molecule is CCC(C)N(CC)C(=O)CN1CC(c2ccc3c(c2)OCO3)C(C(=O)O)C1c1ccc(OC)cc1. The Bertz CT molecular complexity index is 1060. The lowest BCUT2D eigenvalue weighted by molar-refractivity contribution is -0.144. The summed E-state index contributed by atoms with van der Waals surface area (Å²) in [4.78, 5) is 29.9. The van der Waals surface area contributed by atoms with Gasteiger partial charge in [-0.05, 0) is 55.7 Å².